The van der Waals surface area contributed by atoms with Crippen molar-refractivity contribution in [2.24, 2.45) is 20.5 Å². The zero-order valence-corrected chi connectivity index (χ0v) is 27.7. The van der Waals surface area contributed by atoms with Crippen molar-refractivity contribution in [1.29, 1.82) is 0 Å². The highest BCUT2D eigenvalue weighted by Crippen LogP contribution is 2.15. The Kier molecular flexibility index (Phi) is 45.5. The molecule has 0 amide bonds. The maximum absolute atomic E-state index is 4.21. The van der Waals surface area contributed by atoms with E-state index in [1.54, 1.807) is 24.3 Å². The smallest absolute Gasteiger partial charge is 0.0850 e. The molecule has 0 radical (unpaired) electrons. The van der Waals surface area contributed by atoms with Crippen LogP contribution in [-0.4, -0.2) is 0 Å². The van der Waals surface area contributed by atoms with E-state index in [1.807, 2.05) is 144 Å². The Labute approximate surface area is 248 Å². The molecule has 4 nitrogen and oxygen atoms in total. The second-order valence-electron chi connectivity index (χ2n) is 6.42. The molecule has 222 valence electrons. The summed E-state index contributed by atoms with van der Waals surface area (Å²) < 4.78 is 0. The number of rotatable bonds is 13. The maximum atomic E-state index is 4.21. The predicted molar refractivity (Wildman–Crippen MR) is 185 cm³/mol. The molecule has 0 spiro atoms. The SMILES string of the molecule is C=C\C=C/C=C(C)/N=N/C(C)=C/C=C(C=C)/C(C=C)=C/C=C(C)/N=N\C(C=C)=C\C=C/C.CC.CC.CC.CC. The van der Waals surface area contributed by atoms with Crippen LogP contribution in [0, 0.1) is 0 Å². The summed E-state index contributed by atoms with van der Waals surface area (Å²) in [7, 11) is 0. The number of nitrogens with zero attached hydrogens (tertiary/aromatic N) is 4. The number of hydrogen-bond donors (Lipinski definition) is 0. The largest absolute Gasteiger partial charge is 0.156 e. The summed E-state index contributed by atoms with van der Waals surface area (Å²) >= 11 is 0. The highest BCUT2D eigenvalue weighted by molar-refractivity contribution is 5.48. The maximum Gasteiger partial charge on any atom is 0.0850 e. The molecule has 0 fully saturated rings. The van der Waals surface area contributed by atoms with E-state index in [0.717, 1.165) is 28.2 Å². The summed E-state index contributed by atoms with van der Waals surface area (Å²) in [5.74, 6) is 0. The van der Waals surface area contributed by atoms with E-state index in [2.05, 4.69) is 46.8 Å². The molecule has 0 heterocycles. The van der Waals surface area contributed by atoms with Crippen molar-refractivity contribution in [3.63, 3.8) is 0 Å². The summed E-state index contributed by atoms with van der Waals surface area (Å²) in [6.07, 6.45) is 25.7. The fourth-order valence-corrected chi connectivity index (χ4v) is 1.99. The highest BCUT2D eigenvalue weighted by atomic mass is 15.1. The molecule has 40 heavy (non-hydrogen) atoms. The minimum absolute atomic E-state index is 0.687. The molecule has 0 aliphatic carbocycles. The van der Waals surface area contributed by atoms with Gasteiger partial charge < -0.3 is 0 Å². The Morgan fingerprint density at radius 1 is 0.450 bits per heavy atom. The summed E-state index contributed by atoms with van der Waals surface area (Å²) in [4.78, 5) is 0. The first-order chi connectivity index (χ1) is 19.4. The molecule has 0 atom stereocenters. The average molecular weight is 547 g/mol. The summed E-state index contributed by atoms with van der Waals surface area (Å²) in [5.41, 5.74) is 4.79. The van der Waals surface area contributed by atoms with Crippen LogP contribution in [-0.2, 0) is 0 Å². The van der Waals surface area contributed by atoms with Gasteiger partial charge in [0.2, 0.25) is 0 Å². The number of hydrogen-bond acceptors (Lipinski definition) is 4. The van der Waals surface area contributed by atoms with Crippen LogP contribution in [0.3, 0.4) is 0 Å². The van der Waals surface area contributed by atoms with Gasteiger partial charge in [-0.3, -0.25) is 0 Å². The lowest BCUT2D eigenvalue weighted by atomic mass is 10.0. The Bertz CT molecular complexity index is 970. The zero-order chi connectivity index (χ0) is 32.2. The molecule has 0 aromatic heterocycles. The molecule has 0 saturated carbocycles. The van der Waals surface area contributed by atoms with Crippen molar-refractivity contribution in [3.8, 4) is 0 Å². The first kappa shape index (κ1) is 46.0. The van der Waals surface area contributed by atoms with E-state index in [-0.39, 0.29) is 0 Å². The van der Waals surface area contributed by atoms with Crippen molar-refractivity contribution in [1.82, 2.24) is 0 Å². The van der Waals surface area contributed by atoms with Crippen LogP contribution in [0.1, 0.15) is 83.1 Å². The van der Waals surface area contributed by atoms with Gasteiger partial charge in [0.25, 0.3) is 0 Å². The van der Waals surface area contributed by atoms with Crippen LogP contribution < -0.4 is 0 Å². The van der Waals surface area contributed by atoms with Crippen molar-refractivity contribution in [3.05, 3.63) is 145 Å². The molecule has 0 rings (SSSR count). The van der Waals surface area contributed by atoms with Gasteiger partial charge in [-0.05, 0) is 69.2 Å². The quantitative estimate of drug-likeness (QED) is 0.163. The zero-order valence-electron chi connectivity index (χ0n) is 27.7. The van der Waals surface area contributed by atoms with Gasteiger partial charge in [0.15, 0.2) is 0 Å². The molecule has 0 saturated heterocycles. The lowest BCUT2D eigenvalue weighted by molar-refractivity contribution is 1.06. The van der Waals surface area contributed by atoms with Gasteiger partial charge in [-0.15, -0.1) is 0 Å². The predicted octanol–water partition coefficient (Wildman–Crippen LogP) is 13.3. The normalized spacial score (nSPS) is 12.9. The van der Waals surface area contributed by atoms with E-state index in [0.29, 0.717) is 5.70 Å². The Balaban J connectivity index is -0.000000464. The Morgan fingerprint density at radius 2 is 0.850 bits per heavy atom. The van der Waals surface area contributed by atoms with E-state index in [9.17, 15) is 0 Å². The minimum atomic E-state index is 0.687. The molecule has 4 heteroatoms. The molecular weight excluding hydrogens is 488 g/mol. The van der Waals surface area contributed by atoms with Crippen LogP contribution in [0.5, 0.6) is 0 Å². The highest BCUT2D eigenvalue weighted by Gasteiger charge is 1.96. The van der Waals surface area contributed by atoms with E-state index in [4.69, 9.17) is 0 Å². The van der Waals surface area contributed by atoms with E-state index in [1.165, 1.54) is 0 Å². The van der Waals surface area contributed by atoms with E-state index < -0.39 is 0 Å². The van der Waals surface area contributed by atoms with Crippen molar-refractivity contribution in [2.45, 2.75) is 83.1 Å². The lowest BCUT2D eigenvalue weighted by Crippen LogP contribution is -1.82. The van der Waals surface area contributed by atoms with Gasteiger partial charge in [0.05, 0.1) is 22.8 Å². The Morgan fingerprint density at radius 3 is 1.20 bits per heavy atom. The van der Waals surface area contributed by atoms with Crippen molar-refractivity contribution >= 4 is 0 Å². The van der Waals surface area contributed by atoms with Crippen molar-refractivity contribution < 1.29 is 0 Å². The van der Waals surface area contributed by atoms with Gasteiger partial charge in [0.1, 0.15) is 0 Å². The standard InChI is InChI=1S/C28H34N4.4C2H6/c1-9-14-16-17-23(6)29-30-24(7)19-21-26(11-3)27(12-4)22-20-25(8)31-32-28(13-5)18-15-10-2;4*1-2/h9-22H,1,3-5H2,2,6-8H3;4*1-2H3/b15-10-,16-14-,23-17+,24-19+,25-20+,26-21+,27-22+,28-18+,30-29+,32-31-;;;;. The molecule has 0 aliphatic rings. The molecule has 0 unspecified atom stereocenters. The molecule has 0 aromatic rings. The monoisotopic (exact) mass is 546 g/mol. The third-order valence-electron chi connectivity index (χ3n) is 3.72. The summed E-state index contributed by atoms with van der Waals surface area (Å²) in [5, 5.41) is 16.8. The number of azo groups is 2. The summed E-state index contributed by atoms with van der Waals surface area (Å²) in [6.45, 7) is 38.7. The van der Waals surface area contributed by atoms with Crippen LogP contribution >= 0.6 is 0 Å². The fourth-order valence-electron chi connectivity index (χ4n) is 1.99. The number of allylic oxidation sites excluding steroid dienone is 19. The van der Waals surface area contributed by atoms with Crippen LogP contribution in [0.25, 0.3) is 0 Å². The first-order valence-corrected chi connectivity index (χ1v) is 14.2. The first-order valence-electron chi connectivity index (χ1n) is 14.2. The second kappa shape index (κ2) is 39.6. The van der Waals surface area contributed by atoms with Gasteiger partial charge in [-0.25, -0.2) is 0 Å². The van der Waals surface area contributed by atoms with Crippen LogP contribution in [0.2, 0.25) is 0 Å². The third kappa shape index (κ3) is 30.3. The van der Waals surface area contributed by atoms with Crippen molar-refractivity contribution in [2.75, 3.05) is 0 Å². The molecule has 0 bridgehead atoms. The van der Waals surface area contributed by atoms with Crippen LogP contribution in [0.4, 0.5) is 0 Å². The average Bonchev–Trinajstić information content (AvgIpc) is 3.01. The van der Waals surface area contributed by atoms with Crippen LogP contribution in [0.15, 0.2) is 166 Å². The van der Waals surface area contributed by atoms with Gasteiger partial charge in [-0.2, -0.15) is 20.5 Å². The topological polar surface area (TPSA) is 49.4 Å². The molecule has 0 aliphatic heterocycles. The second-order valence-corrected chi connectivity index (χ2v) is 6.42. The lowest BCUT2D eigenvalue weighted by Gasteiger charge is -2.01. The third-order valence-corrected chi connectivity index (χ3v) is 3.72. The fraction of sp³-hybridized carbons (Fsp3) is 0.333. The van der Waals surface area contributed by atoms with Gasteiger partial charge in [-0.1, -0.05) is 136 Å². The van der Waals surface area contributed by atoms with E-state index >= 15 is 0 Å². The molecule has 0 aromatic carbocycles. The molecular formula is C36H58N4. The molecule has 0 N–H and O–H groups in total. The van der Waals surface area contributed by atoms with Gasteiger partial charge >= 0.3 is 0 Å². The minimum Gasteiger partial charge on any atom is -0.156 e. The Hall–Kier alpha value is -3.92. The van der Waals surface area contributed by atoms with Gasteiger partial charge in [0, 0.05) is 0 Å². The summed E-state index contributed by atoms with van der Waals surface area (Å²) in [6, 6.07) is 0.